The van der Waals surface area contributed by atoms with Crippen LogP contribution in [0.15, 0.2) is 42.5 Å². The Balaban J connectivity index is 1.75. The van der Waals surface area contributed by atoms with Crippen molar-refractivity contribution in [1.82, 2.24) is 5.32 Å². The zero-order valence-electron chi connectivity index (χ0n) is 14.8. The van der Waals surface area contributed by atoms with E-state index in [2.05, 4.69) is 22.8 Å². The van der Waals surface area contributed by atoms with Crippen LogP contribution in [-0.4, -0.2) is 33.0 Å². The SMILES string of the molecule is COc1ccc(CCCNC(=S)Nc2ccc(OC)c(OC)c2)cc1. The Morgan fingerprint density at radius 1 is 0.920 bits per heavy atom. The van der Waals surface area contributed by atoms with Crippen LogP contribution in [0.2, 0.25) is 0 Å². The van der Waals surface area contributed by atoms with E-state index in [1.165, 1.54) is 5.56 Å². The van der Waals surface area contributed by atoms with Gasteiger partial charge in [-0.3, -0.25) is 0 Å². The maximum atomic E-state index is 5.33. The Kier molecular flexibility index (Phi) is 7.35. The summed E-state index contributed by atoms with van der Waals surface area (Å²) in [5.74, 6) is 2.23. The Hall–Kier alpha value is -2.47. The maximum Gasteiger partial charge on any atom is 0.170 e. The molecule has 0 heterocycles. The van der Waals surface area contributed by atoms with Gasteiger partial charge >= 0.3 is 0 Å². The molecule has 0 fully saturated rings. The van der Waals surface area contributed by atoms with Crippen LogP contribution >= 0.6 is 12.2 Å². The smallest absolute Gasteiger partial charge is 0.170 e. The number of methoxy groups -OCH3 is 3. The van der Waals surface area contributed by atoms with Crippen molar-refractivity contribution in [2.24, 2.45) is 0 Å². The van der Waals surface area contributed by atoms with Gasteiger partial charge in [0.15, 0.2) is 16.6 Å². The summed E-state index contributed by atoms with van der Waals surface area (Å²) >= 11 is 5.33. The monoisotopic (exact) mass is 360 g/mol. The molecule has 134 valence electrons. The van der Waals surface area contributed by atoms with Crippen molar-refractivity contribution in [3.63, 3.8) is 0 Å². The zero-order valence-corrected chi connectivity index (χ0v) is 15.6. The molecule has 5 nitrogen and oxygen atoms in total. The second-order valence-corrected chi connectivity index (χ2v) is 5.81. The number of ether oxygens (including phenoxy) is 3. The van der Waals surface area contributed by atoms with E-state index in [-0.39, 0.29) is 0 Å². The molecule has 6 heteroatoms. The quantitative estimate of drug-likeness (QED) is 0.554. The molecule has 0 aromatic heterocycles. The molecular weight excluding hydrogens is 336 g/mol. The highest BCUT2D eigenvalue weighted by atomic mass is 32.1. The maximum absolute atomic E-state index is 5.33. The van der Waals surface area contributed by atoms with Crippen molar-refractivity contribution in [3.05, 3.63) is 48.0 Å². The summed E-state index contributed by atoms with van der Waals surface area (Å²) in [5, 5.41) is 6.95. The van der Waals surface area contributed by atoms with Gasteiger partial charge in [-0.05, 0) is 54.9 Å². The first kappa shape index (κ1) is 18.9. The van der Waals surface area contributed by atoms with Gasteiger partial charge in [-0.25, -0.2) is 0 Å². The largest absolute Gasteiger partial charge is 0.497 e. The number of rotatable bonds is 8. The number of benzene rings is 2. The first-order valence-electron chi connectivity index (χ1n) is 8.06. The van der Waals surface area contributed by atoms with E-state index in [1.807, 2.05) is 30.3 Å². The lowest BCUT2D eigenvalue weighted by molar-refractivity contribution is 0.355. The van der Waals surface area contributed by atoms with Gasteiger partial charge in [0.25, 0.3) is 0 Å². The van der Waals surface area contributed by atoms with E-state index in [4.69, 9.17) is 26.4 Å². The number of anilines is 1. The number of thiocarbonyl (C=S) groups is 1. The highest BCUT2D eigenvalue weighted by Gasteiger charge is 2.05. The minimum Gasteiger partial charge on any atom is -0.497 e. The van der Waals surface area contributed by atoms with Crippen LogP contribution in [0.4, 0.5) is 5.69 Å². The standard InChI is InChI=1S/C19H24N2O3S/c1-22-16-9-6-14(7-10-16)5-4-12-20-19(25)21-15-8-11-17(23-2)18(13-15)24-3/h6-11,13H,4-5,12H2,1-3H3,(H2,20,21,25). The molecule has 0 radical (unpaired) electrons. The summed E-state index contributed by atoms with van der Waals surface area (Å²) < 4.78 is 15.7. The number of hydrogen-bond acceptors (Lipinski definition) is 4. The molecule has 0 saturated heterocycles. The summed E-state index contributed by atoms with van der Waals surface area (Å²) in [4.78, 5) is 0. The molecule has 0 aliphatic heterocycles. The first-order chi connectivity index (χ1) is 12.2. The average Bonchev–Trinajstić information content (AvgIpc) is 2.65. The lowest BCUT2D eigenvalue weighted by atomic mass is 10.1. The summed E-state index contributed by atoms with van der Waals surface area (Å²) in [6.07, 6.45) is 1.97. The predicted octanol–water partition coefficient (Wildman–Crippen LogP) is 3.63. The molecule has 0 aliphatic rings. The van der Waals surface area contributed by atoms with Gasteiger partial charge in [0.05, 0.1) is 21.3 Å². The van der Waals surface area contributed by atoms with E-state index in [0.29, 0.717) is 16.6 Å². The van der Waals surface area contributed by atoms with Crippen LogP contribution in [0.5, 0.6) is 17.2 Å². The van der Waals surface area contributed by atoms with Gasteiger partial charge in [-0.2, -0.15) is 0 Å². The molecule has 2 N–H and O–H groups in total. The molecule has 2 rings (SSSR count). The van der Waals surface area contributed by atoms with E-state index in [9.17, 15) is 0 Å². The van der Waals surface area contributed by atoms with Gasteiger partial charge in [0.1, 0.15) is 5.75 Å². The number of aryl methyl sites for hydroxylation is 1. The van der Waals surface area contributed by atoms with E-state index in [0.717, 1.165) is 30.8 Å². The summed E-state index contributed by atoms with van der Waals surface area (Å²) in [5.41, 5.74) is 2.13. The lowest BCUT2D eigenvalue weighted by Gasteiger charge is -2.13. The highest BCUT2D eigenvalue weighted by Crippen LogP contribution is 2.29. The number of hydrogen-bond donors (Lipinski definition) is 2. The van der Waals surface area contributed by atoms with Gasteiger partial charge < -0.3 is 24.8 Å². The second-order valence-electron chi connectivity index (χ2n) is 5.40. The van der Waals surface area contributed by atoms with Crippen LogP contribution in [0.25, 0.3) is 0 Å². The molecule has 0 aliphatic carbocycles. The topological polar surface area (TPSA) is 51.8 Å². The minimum atomic E-state index is 0.585. The lowest BCUT2D eigenvalue weighted by Crippen LogP contribution is -2.29. The van der Waals surface area contributed by atoms with Crippen molar-refractivity contribution >= 4 is 23.0 Å². The fourth-order valence-electron chi connectivity index (χ4n) is 2.38. The third kappa shape index (κ3) is 5.83. The van der Waals surface area contributed by atoms with Crippen molar-refractivity contribution < 1.29 is 14.2 Å². The van der Waals surface area contributed by atoms with Crippen LogP contribution in [0, 0.1) is 0 Å². The normalized spacial score (nSPS) is 10.0. The summed E-state index contributed by atoms with van der Waals surface area (Å²) in [6.45, 7) is 0.797. The van der Waals surface area contributed by atoms with Crippen molar-refractivity contribution in [3.8, 4) is 17.2 Å². The summed E-state index contributed by atoms with van der Waals surface area (Å²) in [6, 6.07) is 13.7. The van der Waals surface area contributed by atoms with E-state index >= 15 is 0 Å². The summed E-state index contributed by atoms with van der Waals surface area (Å²) in [7, 11) is 4.89. The Labute approximate surface area is 154 Å². The van der Waals surface area contributed by atoms with Crippen LogP contribution < -0.4 is 24.8 Å². The minimum absolute atomic E-state index is 0.585. The third-order valence-corrected chi connectivity index (χ3v) is 3.97. The molecule has 0 amide bonds. The van der Waals surface area contributed by atoms with Crippen LogP contribution in [0.1, 0.15) is 12.0 Å². The number of nitrogens with one attached hydrogen (secondary N) is 2. The molecule has 0 unspecified atom stereocenters. The molecule has 0 bridgehead atoms. The molecular formula is C19H24N2O3S. The van der Waals surface area contributed by atoms with Gasteiger partial charge in [0, 0.05) is 18.3 Å². The molecule has 25 heavy (non-hydrogen) atoms. The molecule has 2 aromatic carbocycles. The fraction of sp³-hybridized carbons (Fsp3) is 0.316. The van der Waals surface area contributed by atoms with Crippen molar-refractivity contribution in [2.45, 2.75) is 12.8 Å². The van der Waals surface area contributed by atoms with Gasteiger partial charge in [0.2, 0.25) is 0 Å². The van der Waals surface area contributed by atoms with Crippen LogP contribution in [-0.2, 0) is 6.42 Å². The predicted molar refractivity (Wildman–Crippen MR) is 105 cm³/mol. The fourth-order valence-corrected chi connectivity index (χ4v) is 2.60. The Morgan fingerprint density at radius 2 is 1.64 bits per heavy atom. The molecule has 0 saturated carbocycles. The van der Waals surface area contributed by atoms with Crippen molar-refractivity contribution in [2.75, 3.05) is 33.2 Å². The third-order valence-electron chi connectivity index (χ3n) is 3.73. The Morgan fingerprint density at radius 3 is 2.28 bits per heavy atom. The highest BCUT2D eigenvalue weighted by molar-refractivity contribution is 7.80. The Bertz CT molecular complexity index is 690. The zero-order chi connectivity index (χ0) is 18.1. The molecule has 0 atom stereocenters. The van der Waals surface area contributed by atoms with E-state index in [1.54, 1.807) is 21.3 Å². The first-order valence-corrected chi connectivity index (χ1v) is 8.47. The van der Waals surface area contributed by atoms with Gasteiger partial charge in [-0.1, -0.05) is 12.1 Å². The average molecular weight is 360 g/mol. The molecule has 2 aromatic rings. The molecule has 0 spiro atoms. The van der Waals surface area contributed by atoms with Crippen LogP contribution in [0.3, 0.4) is 0 Å². The van der Waals surface area contributed by atoms with Crippen molar-refractivity contribution in [1.29, 1.82) is 0 Å². The van der Waals surface area contributed by atoms with E-state index < -0.39 is 0 Å². The second kappa shape index (κ2) is 9.74. The van der Waals surface area contributed by atoms with Gasteiger partial charge in [-0.15, -0.1) is 0 Å².